The highest BCUT2D eigenvalue weighted by Crippen LogP contribution is 2.11. The van der Waals surface area contributed by atoms with Crippen molar-refractivity contribution < 1.29 is 4.79 Å². The van der Waals surface area contributed by atoms with Gasteiger partial charge in [0, 0.05) is 24.5 Å². The molecule has 0 radical (unpaired) electrons. The van der Waals surface area contributed by atoms with E-state index in [2.05, 4.69) is 22.9 Å². The largest absolute Gasteiger partial charge is 0.342 e. The van der Waals surface area contributed by atoms with Gasteiger partial charge in [-0.05, 0) is 43.5 Å². The second-order valence-corrected chi connectivity index (χ2v) is 4.86. The Balaban J connectivity index is 2.76. The quantitative estimate of drug-likeness (QED) is 0.778. The van der Waals surface area contributed by atoms with Crippen LogP contribution in [0.25, 0.3) is 0 Å². The van der Waals surface area contributed by atoms with E-state index in [0.29, 0.717) is 0 Å². The maximum atomic E-state index is 12.0. The van der Waals surface area contributed by atoms with Gasteiger partial charge in [0.1, 0.15) is 0 Å². The second kappa shape index (κ2) is 6.04. The molecule has 0 N–H and O–H groups in total. The molecule has 0 aliphatic carbocycles. The summed E-state index contributed by atoms with van der Waals surface area (Å²) in [7, 11) is 1.85. The number of hydrogen-bond acceptors (Lipinski definition) is 1. The standard InChI is InChI=1S/C13H18BrNO/c1-10-5-6-12(9-11(10)2)13(16)15(3)8-4-7-14/h5-6,9H,4,7-8H2,1-3H3. The minimum Gasteiger partial charge on any atom is -0.342 e. The lowest BCUT2D eigenvalue weighted by Gasteiger charge is -2.17. The van der Waals surface area contributed by atoms with Crippen molar-refractivity contribution in [3.63, 3.8) is 0 Å². The maximum Gasteiger partial charge on any atom is 0.253 e. The number of amides is 1. The van der Waals surface area contributed by atoms with Crippen LogP contribution in [0.3, 0.4) is 0 Å². The maximum absolute atomic E-state index is 12.0. The van der Waals surface area contributed by atoms with E-state index in [0.717, 1.165) is 23.9 Å². The third-order valence-corrected chi connectivity index (χ3v) is 3.29. The molecule has 0 saturated heterocycles. The molecule has 1 rings (SSSR count). The summed E-state index contributed by atoms with van der Waals surface area (Å²) in [6, 6.07) is 5.86. The first-order chi connectivity index (χ1) is 7.56. The van der Waals surface area contributed by atoms with E-state index in [-0.39, 0.29) is 5.91 Å². The number of nitrogens with zero attached hydrogens (tertiary/aromatic N) is 1. The van der Waals surface area contributed by atoms with Gasteiger partial charge in [-0.3, -0.25) is 4.79 Å². The van der Waals surface area contributed by atoms with Gasteiger partial charge in [-0.2, -0.15) is 0 Å². The van der Waals surface area contributed by atoms with E-state index in [1.165, 1.54) is 11.1 Å². The number of benzene rings is 1. The SMILES string of the molecule is Cc1ccc(C(=O)N(C)CCCBr)cc1C. The zero-order chi connectivity index (χ0) is 12.1. The summed E-state index contributed by atoms with van der Waals surface area (Å²) < 4.78 is 0. The summed E-state index contributed by atoms with van der Waals surface area (Å²) in [6.45, 7) is 4.87. The van der Waals surface area contributed by atoms with E-state index >= 15 is 0 Å². The predicted octanol–water partition coefficient (Wildman–Crippen LogP) is 3.16. The summed E-state index contributed by atoms with van der Waals surface area (Å²) in [5.74, 6) is 0.101. The average molecular weight is 284 g/mol. The Morgan fingerprint density at radius 1 is 1.31 bits per heavy atom. The molecule has 0 unspecified atom stereocenters. The number of hydrogen-bond donors (Lipinski definition) is 0. The molecular formula is C13H18BrNO. The fourth-order valence-corrected chi connectivity index (χ4v) is 1.74. The van der Waals surface area contributed by atoms with Crippen LogP contribution in [0, 0.1) is 13.8 Å². The Morgan fingerprint density at radius 3 is 2.56 bits per heavy atom. The zero-order valence-electron chi connectivity index (χ0n) is 10.1. The van der Waals surface area contributed by atoms with Crippen LogP contribution in [0.5, 0.6) is 0 Å². The van der Waals surface area contributed by atoms with Crippen LogP contribution in [0.2, 0.25) is 0 Å². The van der Waals surface area contributed by atoms with Crippen molar-refractivity contribution in [1.29, 1.82) is 0 Å². The number of carbonyl (C=O) groups excluding carboxylic acids is 1. The van der Waals surface area contributed by atoms with Gasteiger partial charge in [0.15, 0.2) is 0 Å². The van der Waals surface area contributed by atoms with Gasteiger partial charge < -0.3 is 4.90 Å². The van der Waals surface area contributed by atoms with Crippen LogP contribution in [-0.2, 0) is 0 Å². The molecule has 0 fully saturated rings. The highest BCUT2D eigenvalue weighted by Gasteiger charge is 2.11. The molecule has 1 amide bonds. The Labute approximate surface area is 106 Å². The van der Waals surface area contributed by atoms with Gasteiger partial charge in [-0.25, -0.2) is 0 Å². The predicted molar refractivity (Wildman–Crippen MR) is 71.3 cm³/mol. The number of aryl methyl sites for hydroxylation is 2. The first-order valence-corrected chi connectivity index (χ1v) is 6.57. The van der Waals surface area contributed by atoms with Crippen molar-refractivity contribution in [3.8, 4) is 0 Å². The fraction of sp³-hybridized carbons (Fsp3) is 0.462. The van der Waals surface area contributed by atoms with Crippen LogP contribution >= 0.6 is 15.9 Å². The van der Waals surface area contributed by atoms with E-state index in [4.69, 9.17) is 0 Å². The third-order valence-electron chi connectivity index (χ3n) is 2.73. The minimum absolute atomic E-state index is 0.101. The average Bonchev–Trinajstić information content (AvgIpc) is 2.28. The fourth-order valence-electron chi connectivity index (χ4n) is 1.49. The Kier molecular flexibility index (Phi) is 5.00. The van der Waals surface area contributed by atoms with Crippen molar-refractivity contribution >= 4 is 21.8 Å². The molecule has 0 aliphatic heterocycles. The van der Waals surface area contributed by atoms with Gasteiger partial charge in [0.05, 0.1) is 0 Å². The topological polar surface area (TPSA) is 20.3 Å². The second-order valence-electron chi connectivity index (χ2n) is 4.07. The lowest BCUT2D eigenvalue weighted by Crippen LogP contribution is -2.28. The summed E-state index contributed by atoms with van der Waals surface area (Å²) in [4.78, 5) is 13.8. The summed E-state index contributed by atoms with van der Waals surface area (Å²) in [6.07, 6.45) is 0.979. The number of rotatable bonds is 4. The van der Waals surface area contributed by atoms with Gasteiger partial charge in [0.2, 0.25) is 0 Å². The molecule has 0 heterocycles. The number of alkyl halides is 1. The van der Waals surface area contributed by atoms with Crippen molar-refractivity contribution in [2.45, 2.75) is 20.3 Å². The molecule has 16 heavy (non-hydrogen) atoms. The number of carbonyl (C=O) groups is 1. The summed E-state index contributed by atoms with van der Waals surface area (Å²) in [5.41, 5.74) is 3.17. The highest BCUT2D eigenvalue weighted by atomic mass is 79.9. The Morgan fingerprint density at radius 2 is 2.00 bits per heavy atom. The molecule has 3 heteroatoms. The summed E-state index contributed by atoms with van der Waals surface area (Å²) >= 11 is 3.37. The van der Waals surface area contributed by atoms with Crippen LogP contribution in [-0.4, -0.2) is 29.7 Å². The minimum atomic E-state index is 0.101. The van der Waals surface area contributed by atoms with E-state index in [1.807, 2.05) is 32.2 Å². The molecule has 0 bridgehead atoms. The molecule has 88 valence electrons. The molecule has 0 atom stereocenters. The zero-order valence-corrected chi connectivity index (χ0v) is 11.7. The van der Waals surface area contributed by atoms with Gasteiger partial charge in [-0.15, -0.1) is 0 Å². The molecule has 0 aromatic heterocycles. The summed E-state index contributed by atoms with van der Waals surface area (Å²) in [5, 5.41) is 0.928. The van der Waals surface area contributed by atoms with Crippen LogP contribution in [0.15, 0.2) is 18.2 Å². The van der Waals surface area contributed by atoms with Crippen LogP contribution in [0.4, 0.5) is 0 Å². The highest BCUT2D eigenvalue weighted by molar-refractivity contribution is 9.09. The lowest BCUT2D eigenvalue weighted by molar-refractivity contribution is 0.0795. The molecule has 2 nitrogen and oxygen atoms in total. The van der Waals surface area contributed by atoms with Crippen molar-refractivity contribution in [1.82, 2.24) is 4.90 Å². The van der Waals surface area contributed by atoms with Gasteiger partial charge in [-0.1, -0.05) is 22.0 Å². The van der Waals surface area contributed by atoms with E-state index in [9.17, 15) is 4.79 Å². The third kappa shape index (κ3) is 3.34. The smallest absolute Gasteiger partial charge is 0.253 e. The monoisotopic (exact) mass is 283 g/mol. The molecule has 0 aliphatic rings. The first kappa shape index (κ1) is 13.2. The first-order valence-electron chi connectivity index (χ1n) is 5.45. The Bertz CT molecular complexity index is 376. The Hall–Kier alpha value is -0.830. The van der Waals surface area contributed by atoms with Gasteiger partial charge in [0.25, 0.3) is 5.91 Å². The molecular weight excluding hydrogens is 266 g/mol. The number of halogens is 1. The van der Waals surface area contributed by atoms with E-state index < -0.39 is 0 Å². The lowest BCUT2D eigenvalue weighted by atomic mass is 10.1. The normalized spacial score (nSPS) is 10.2. The molecule has 0 spiro atoms. The van der Waals surface area contributed by atoms with Crippen LogP contribution in [0.1, 0.15) is 27.9 Å². The molecule has 0 saturated carbocycles. The van der Waals surface area contributed by atoms with Crippen molar-refractivity contribution in [3.05, 3.63) is 34.9 Å². The molecule has 1 aromatic rings. The molecule has 1 aromatic carbocycles. The van der Waals surface area contributed by atoms with Crippen molar-refractivity contribution in [2.24, 2.45) is 0 Å². The van der Waals surface area contributed by atoms with E-state index in [1.54, 1.807) is 4.90 Å². The van der Waals surface area contributed by atoms with Crippen LogP contribution < -0.4 is 0 Å². The van der Waals surface area contributed by atoms with Gasteiger partial charge >= 0.3 is 0 Å². The van der Waals surface area contributed by atoms with Crippen molar-refractivity contribution in [2.75, 3.05) is 18.9 Å².